The zero-order valence-corrected chi connectivity index (χ0v) is 27.9. The number of benzene rings is 3. The van der Waals surface area contributed by atoms with Gasteiger partial charge in [0.05, 0.1) is 26.2 Å². The van der Waals surface area contributed by atoms with Gasteiger partial charge in [-0.05, 0) is 113 Å². The Morgan fingerprint density at radius 2 is 1.50 bits per heavy atom. The van der Waals surface area contributed by atoms with Crippen LogP contribution in [0.15, 0.2) is 66.7 Å². The van der Waals surface area contributed by atoms with E-state index in [0.717, 1.165) is 16.6 Å². The molecule has 10 heteroatoms. The molecule has 0 atom stereocenters. The molecule has 0 N–H and O–H groups in total. The highest BCUT2D eigenvalue weighted by Gasteiger charge is 2.33. The van der Waals surface area contributed by atoms with Crippen molar-refractivity contribution < 1.29 is 28.6 Å². The van der Waals surface area contributed by atoms with Crippen molar-refractivity contribution in [3.8, 4) is 11.5 Å². The maximum atomic E-state index is 14.5. The number of rotatable bonds is 7. The SMILES string of the molecule is COc1ccc(N(C(=O)Cc2c(C)n(C(=O)c3ccc(Cl)cc3)c3ccc(OC)cc23)C2CCN(C(=O)OC(C)(C)C)CC2)cc1. The predicted octanol–water partition coefficient (Wildman–Crippen LogP) is 7.28. The lowest BCUT2D eigenvalue weighted by Gasteiger charge is -2.39. The van der Waals surface area contributed by atoms with Crippen LogP contribution in [0.4, 0.5) is 10.5 Å². The van der Waals surface area contributed by atoms with E-state index in [1.807, 2.05) is 69.0 Å². The molecule has 1 aliphatic heterocycles. The van der Waals surface area contributed by atoms with Crippen molar-refractivity contribution in [2.45, 2.75) is 58.6 Å². The number of halogens is 1. The summed E-state index contributed by atoms with van der Waals surface area (Å²) < 4.78 is 18.1. The van der Waals surface area contributed by atoms with Crippen molar-refractivity contribution in [1.82, 2.24) is 9.47 Å². The highest BCUT2D eigenvalue weighted by Crippen LogP contribution is 2.33. The van der Waals surface area contributed by atoms with Gasteiger partial charge in [-0.1, -0.05) is 11.6 Å². The van der Waals surface area contributed by atoms with E-state index in [1.54, 1.807) is 54.0 Å². The maximum Gasteiger partial charge on any atom is 0.410 e. The number of anilines is 1. The number of nitrogens with zero attached hydrogens (tertiary/aromatic N) is 3. The molecule has 0 spiro atoms. The Kier molecular flexibility index (Phi) is 9.63. The lowest BCUT2D eigenvalue weighted by molar-refractivity contribution is -0.118. The summed E-state index contributed by atoms with van der Waals surface area (Å²) in [5.74, 6) is 0.968. The van der Waals surface area contributed by atoms with Crippen LogP contribution in [-0.4, -0.2) is 66.3 Å². The fourth-order valence-corrected chi connectivity index (χ4v) is 6.09. The van der Waals surface area contributed by atoms with Gasteiger partial charge < -0.3 is 24.0 Å². The number of methoxy groups -OCH3 is 2. The molecule has 2 amide bonds. The molecular formula is C36H40ClN3O6. The Bertz CT molecular complexity index is 1730. The molecule has 4 aromatic rings. The first kappa shape index (κ1) is 32.9. The molecule has 3 aromatic carbocycles. The molecule has 1 aromatic heterocycles. The summed E-state index contributed by atoms with van der Waals surface area (Å²) in [7, 11) is 3.19. The van der Waals surface area contributed by atoms with Crippen LogP contribution in [0, 0.1) is 6.92 Å². The van der Waals surface area contributed by atoms with E-state index in [4.69, 9.17) is 25.8 Å². The van der Waals surface area contributed by atoms with Crippen LogP contribution in [0.3, 0.4) is 0 Å². The van der Waals surface area contributed by atoms with Gasteiger partial charge in [-0.3, -0.25) is 14.2 Å². The number of hydrogen-bond donors (Lipinski definition) is 0. The van der Waals surface area contributed by atoms with Crippen molar-refractivity contribution in [2.75, 3.05) is 32.2 Å². The van der Waals surface area contributed by atoms with E-state index in [2.05, 4.69) is 0 Å². The number of ether oxygens (including phenoxy) is 3. The number of piperidine rings is 1. The van der Waals surface area contributed by atoms with Gasteiger partial charge in [-0.15, -0.1) is 0 Å². The molecule has 1 saturated heterocycles. The summed E-state index contributed by atoms with van der Waals surface area (Å²) in [4.78, 5) is 44.6. The number of hydrogen-bond acceptors (Lipinski definition) is 6. The minimum absolute atomic E-state index is 0.0503. The Hall–Kier alpha value is -4.50. The van der Waals surface area contributed by atoms with E-state index in [0.29, 0.717) is 59.2 Å². The van der Waals surface area contributed by atoms with Crippen LogP contribution in [0.2, 0.25) is 5.02 Å². The molecule has 1 fully saturated rings. The Morgan fingerprint density at radius 3 is 2.09 bits per heavy atom. The van der Waals surface area contributed by atoms with Gasteiger partial charge in [0.2, 0.25) is 5.91 Å². The van der Waals surface area contributed by atoms with Crippen molar-refractivity contribution >= 4 is 46.1 Å². The molecule has 46 heavy (non-hydrogen) atoms. The minimum Gasteiger partial charge on any atom is -0.497 e. The average Bonchev–Trinajstić information content (AvgIpc) is 3.30. The highest BCUT2D eigenvalue weighted by atomic mass is 35.5. The molecule has 5 rings (SSSR count). The zero-order valence-electron chi connectivity index (χ0n) is 27.1. The van der Waals surface area contributed by atoms with E-state index in [-0.39, 0.29) is 30.4 Å². The largest absolute Gasteiger partial charge is 0.497 e. The van der Waals surface area contributed by atoms with Crippen LogP contribution in [0.1, 0.15) is 55.2 Å². The first-order chi connectivity index (χ1) is 21.9. The zero-order chi connectivity index (χ0) is 33.2. The topological polar surface area (TPSA) is 90.3 Å². The molecule has 0 bridgehead atoms. The van der Waals surface area contributed by atoms with Gasteiger partial charge in [0.25, 0.3) is 5.91 Å². The third-order valence-corrected chi connectivity index (χ3v) is 8.52. The van der Waals surface area contributed by atoms with Gasteiger partial charge in [-0.2, -0.15) is 0 Å². The summed E-state index contributed by atoms with van der Waals surface area (Å²) in [5, 5.41) is 1.30. The third kappa shape index (κ3) is 6.99. The van der Waals surface area contributed by atoms with Gasteiger partial charge in [0, 0.05) is 46.5 Å². The van der Waals surface area contributed by atoms with Gasteiger partial charge in [0.1, 0.15) is 17.1 Å². The lowest BCUT2D eigenvalue weighted by Crippen LogP contribution is -2.50. The van der Waals surface area contributed by atoms with Crippen molar-refractivity contribution in [1.29, 1.82) is 0 Å². The lowest BCUT2D eigenvalue weighted by atomic mass is 10.00. The quantitative estimate of drug-likeness (QED) is 0.210. The second-order valence-electron chi connectivity index (χ2n) is 12.4. The number of carbonyl (C=O) groups excluding carboxylic acids is 3. The molecule has 0 unspecified atom stereocenters. The summed E-state index contributed by atoms with van der Waals surface area (Å²) >= 11 is 6.09. The first-order valence-electron chi connectivity index (χ1n) is 15.3. The first-order valence-corrected chi connectivity index (χ1v) is 15.7. The maximum absolute atomic E-state index is 14.5. The molecule has 2 heterocycles. The molecule has 0 radical (unpaired) electrons. The fraction of sp³-hybridized carbons (Fsp3) is 0.361. The second-order valence-corrected chi connectivity index (χ2v) is 12.9. The third-order valence-electron chi connectivity index (χ3n) is 8.26. The molecule has 0 saturated carbocycles. The van der Waals surface area contributed by atoms with Crippen LogP contribution in [-0.2, 0) is 16.0 Å². The standard InChI is InChI=1S/C36H40ClN3O6/c1-23-30(31-21-29(45-6)15-16-32(31)39(23)34(42)24-7-9-25(37)10-8-24)22-33(41)40(26-11-13-28(44-5)14-12-26)27-17-19-38(20-18-27)35(43)46-36(2,3)4/h7-16,21,27H,17-20,22H2,1-6H3. The summed E-state index contributed by atoms with van der Waals surface area (Å²) in [6, 6.07) is 19.5. The monoisotopic (exact) mass is 645 g/mol. The number of aromatic nitrogens is 1. The van der Waals surface area contributed by atoms with Gasteiger partial charge >= 0.3 is 6.09 Å². The smallest absolute Gasteiger partial charge is 0.410 e. The average molecular weight is 646 g/mol. The fourth-order valence-electron chi connectivity index (χ4n) is 5.97. The van der Waals surface area contributed by atoms with Crippen LogP contribution in [0.5, 0.6) is 11.5 Å². The second kappa shape index (κ2) is 13.5. The van der Waals surface area contributed by atoms with Crippen LogP contribution < -0.4 is 14.4 Å². The molecule has 1 aliphatic rings. The van der Waals surface area contributed by atoms with Crippen molar-refractivity contribution in [3.63, 3.8) is 0 Å². The number of amides is 2. The van der Waals surface area contributed by atoms with E-state index in [1.165, 1.54) is 0 Å². The molecule has 242 valence electrons. The summed E-state index contributed by atoms with van der Waals surface area (Å²) in [5.41, 5.74) is 2.72. The van der Waals surface area contributed by atoms with E-state index in [9.17, 15) is 14.4 Å². The summed E-state index contributed by atoms with van der Waals surface area (Å²) in [6.07, 6.45) is 0.867. The molecule has 0 aliphatic carbocycles. The van der Waals surface area contributed by atoms with Gasteiger partial charge in [-0.25, -0.2) is 4.79 Å². The van der Waals surface area contributed by atoms with Crippen molar-refractivity contribution in [2.24, 2.45) is 0 Å². The number of carbonyl (C=O) groups is 3. The van der Waals surface area contributed by atoms with Crippen LogP contribution >= 0.6 is 11.6 Å². The van der Waals surface area contributed by atoms with Crippen molar-refractivity contribution in [3.05, 3.63) is 88.6 Å². The van der Waals surface area contributed by atoms with E-state index < -0.39 is 5.60 Å². The normalized spacial score (nSPS) is 13.8. The van der Waals surface area contributed by atoms with Gasteiger partial charge in [0.15, 0.2) is 0 Å². The molecular weight excluding hydrogens is 606 g/mol. The summed E-state index contributed by atoms with van der Waals surface area (Å²) in [6.45, 7) is 8.33. The Balaban J connectivity index is 1.50. The predicted molar refractivity (Wildman–Crippen MR) is 179 cm³/mol. The molecule has 9 nitrogen and oxygen atoms in total. The highest BCUT2D eigenvalue weighted by molar-refractivity contribution is 6.30. The Labute approximate surface area is 274 Å². The number of fused-ring (bicyclic) bond motifs is 1. The van der Waals surface area contributed by atoms with E-state index >= 15 is 0 Å². The van der Waals surface area contributed by atoms with Crippen LogP contribution in [0.25, 0.3) is 10.9 Å². The Morgan fingerprint density at radius 1 is 0.891 bits per heavy atom. The minimum atomic E-state index is -0.590. The number of likely N-dealkylation sites (tertiary alicyclic amines) is 1.